The molecule has 168 valence electrons. The van der Waals surface area contributed by atoms with Crippen LogP contribution < -0.4 is 5.73 Å². The lowest BCUT2D eigenvalue weighted by Crippen LogP contribution is -2.64. The van der Waals surface area contributed by atoms with Gasteiger partial charge in [-0.3, -0.25) is 19.3 Å². The Morgan fingerprint density at radius 1 is 1.16 bits per heavy atom. The fraction of sp³-hybridized carbons (Fsp3) is 0.409. The summed E-state index contributed by atoms with van der Waals surface area (Å²) < 4.78 is 0. The van der Waals surface area contributed by atoms with Crippen LogP contribution in [0.5, 0.6) is 5.75 Å². The molecule has 0 aromatic heterocycles. The Kier molecular flexibility index (Phi) is 3.73. The van der Waals surface area contributed by atoms with Crippen LogP contribution in [0.1, 0.15) is 28.8 Å². The van der Waals surface area contributed by atoms with Crippen molar-refractivity contribution in [1.82, 2.24) is 4.90 Å². The van der Waals surface area contributed by atoms with Crippen molar-refractivity contribution >= 4 is 17.5 Å². The minimum atomic E-state index is -2.73. The first-order valence-electron chi connectivity index (χ1n) is 10.0. The van der Waals surface area contributed by atoms with E-state index < -0.39 is 68.9 Å². The molecule has 1 saturated carbocycles. The van der Waals surface area contributed by atoms with Gasteiger partial charge >= 0.3 is 0 Å². The number of hydrogen-bond acceptors (Lipinski definition) is 9. The summed E-state index contributed by atoms with van der Waals surface area (Å²) >= 11 is 0. The molecular weight excluding hydrogens is 420 g/mol. The zero-order valence-corrected chi connectivity index (χ0v) is 17.3. The Morgan fingerprint density at radius 2 is 1.81 bits per heavy atom. The fourth-order valence-corrected chi connectivity index (χ4v) is 6.18. The summed E-state index contributed by atoms with van der Waals surface area (Å²) in [5, 5.41) is 55.3. The van der Waals surface area contributed by atoms with Gasteiger partial charge in [0, 0.05) is 11.3 Å². The van der Waals surface area contributed by atoms with E-state index in [4.69, 9.17) is 5.73 Å². The summed E-state index contributed by atoms with van der Waals surface area (Å²) in [5.41, 5.74) is -1.64. The van der Waals surface area contributed by atoms with Crippen LogP contribution in [0.4, 0.5) is 0 Å². The Morgan fingerprint density at radius 3 is 2.41 bits per heavy atom. The maximum atomic E-state index is 13.4. The number of amides is 1. The summed E-state index contributed by atoms with van der Waals surface area (Å²) in [6.45, 7) is 0. The summed E-state index contributed by atoms with van der Waals surface area (Å²) in [6, 6.07) is 3.14. The average molecular weight is 442 g/mol. The Balaban J connectivity index is 1.82. The van der Waals surface area contributed by atoms with E-state index in [1.807, 2.05) is 0 Å². The lowest BCUT2D eigenvalue weighted by atomic mass is 9.57. The monoisotopic (exact) mass is 442 g/mol. The van der Waals surface area contributed by atoms with Gasteiger partial charge < -0.3 is 31.3 Å². The summed E-state index contributed by atoms with van der Waals surface area (Å²) in [6.07, 6.45) is -0.138. The number of carbonyl (C=O) groups excluding carboxylic acids is 3. The third kappa shape index (κ3) is 1.98. The number of nitrogens with zero attached hydrogens (tertiary/aromatic N) is 1. The molecule has 7 N–H and O–H groups in total. The Bertz CT molecular complexity index is 1220. The highest BCUT2D eigenvalue weighted by Crippen LogP contribution is 2.76. The van der Waals surface area contributed by atoms with Crippen LogP contribution in [0.2, 0.25) is 0 Å². The van der Waals surface area contributed by atoms with Crippen molar-refractivity contribution in [3.63, 3.8) is 0 Å². The van der Waals surface area contributed by atoms with Gasteiger partial charge in [0.2, 0.25) is 5.78 Å². The van der Waals surface area contributed by atoms with Crippen molar-refractivity contribution in [2.24, 2.45) is 17.1 Å². The number of benzene rings is 1. The molecule has 5 rings (SSSR count). The lowest BCUT2D eigenvalue weighted by Gasteiger charge is -2.51. The minimum Gasteiger partial charge on any atom is -0.510 e. The molecule has 0 aliphatic heterocycles. The number of aliphatic hydroxyl groups is 4. The molecule has 10 heteroatoms. The number of Topliss-reactive ketones (excluding diaryl/α,β-unsaturated/α-hetero) is 2. The zero-order valence-electron chi connectivity index (χ0n) is 17.3. The number of fused-ring (bicyclic) bond motifs is 3. The quantitative estimate of drug-likeness (QED) is 0.330. The van der Waals surface area contributed by atoms with Gasteiger partial charge in [0.15, 0.2) is 11.4 Å². The van der Waals surface area contributed by atoms with Crippen LogP contribution in [0.25, 0.3) is 0 Å². The van der Waals surface area contributed by atoms with Crippen LogP contribution in [-0.4, -0.2) is 73.6 Å². The number of nitrogens with two attached hydrogens (primary N) is 1. The molecule has 0 unspecified atom stereocenters. The maximum Gasteiger partial charge on any atom is 0.255 e. The predicted octanol–water partition coefficient (Wildman–Crippen LogP) is -0.460. The van der Waals surface area contributed by atoms with Crippen molar-refractivity contribution in [3.8, 4) is 5.75 Å². The molecule has 1 aromatic rings. The number of phenolic OH excluding ortho intramolecular Hbond substituents is 1. The van der Waals surface area contributed by atoms with Crippen molar-refractivity contribution in [1.29, 1.82) is 0 Å². The molecule has 4 aliphatic carbocycles. The van der Waals surface area contributed by atoms with Crippen LogP contribution >= 0.6 is 0 Å². The molecule has 32 heavy (non-hydrogen) atoms. The predicted molar refractivity (Wildman–Crippen MR) is 107 cm³/mol. The third-order valence-electron chi connectivity index (χ3n) is 7.64. The van der Waals surface area contributed by atoms with E-state index in [0.29, 0.717) is 0 Å². The summed E-state index contributed by atoms with van der Waals surface area (Å²) in [4.78, 5) is 40.0. The largest absolute Gasteiger partial charge is 0.510 e. The molecule has 10 nitrogen and oxygen atoms in total. The first kappa shape index (κ1) is 20.7. The van der Waals surface area contributed by atoms with Crippen LogP contribution in [0.3, 0.4) is 0 Å². The maximum absolute atomic E-state index is 13.4. The first-order valence-corrected chi connectivity index (χ1v) is 10.0. The van der Waals surface area contributed by atoms with E-state index in [2.05, 4.69) is 0 Å². The fourth-order valence-electron chi connectivity index (χ4n) is 6.18. The SMILES string of the molecule is CN(C)[C@@H]1C(O)=C(C(N)=O)C(=O)[C@@]2(O)C(O)=C3C(=O)c4c(O)cccc4[C@]4(O)C[C@]34C[C@@H]12. The average Bonchev–Trinajstić information content (AvgIpc) is 3.30. The molecule has 0 heterocycles. The standard InChI is InChI=1S/C22H22N2O8/c1-24(2)14-9-6-20-7-21(20,31)8-4-3-5-10(25)11(8)15(26)13(20)18(29)22(9,32)17(28)12(16(14)27)19(23)30/h3-5,9,14,25,27,29,31-32H,6-7H2,1-2H3,(H2,23,30)/t9-,14-,20+,21+,22+/m0/s1. The molecule has 1 spiro atoms. The topological polar surface area (TPSA) is 182 Å². The van der Waals surface area contributed by atoms with Crippen molar-refractivity contribution in [2.45, 2.75) is 30.1 Å². The van der Waals surface area contributed by atoms with Gasteiger partial charge in [-0.05, 0) is 38.6 Å². The first-order chi connectivity index (χ1) is 14.8. The van der Waals surface area contributed by atoms with Gasteiger partial charge in [0.05, 0.1) is 17.2 Å². The highest BCUT2D eigenvalue weighted by atomic mass is 16.4. The number of hydrogen-bond donors (Lipinski definition) is 6. The molecule has 0 saturated heterocycles. The molecule has 5 atom stereocenters. The van der Waals surface area contributed by atoms with Gasteiger partial charge in [-0.1, -0.05) is 12.1 Å². The normalized spacial score (nSPS) is 37.7. The number of ketones is 2. The highest BCUT2D eigenvalue weighted by molar-refractivity contribution is 6.25. The van der Waals surface area contributed by atoms with Gasteiger partial charge in [-0.2, -0.15) is 0 Å². The van der Waals surface area contributed by atoms with E-state index in [0.717, 1.165) is 0 Å². The second-order valence-electron chi connectivity index (χ2n) is 9.31. The number of phenols is 1. The van der Waals surface area contributed by atoms with Gasteiger partial charge in [0.25, 0.3) is 5.91 Å². The van der Waals surface area contributed by atoms with E-state index in [1.165, 1.54) is 23.1 Å². The van der Waals surface area contributed by atoms with Crippen molar-refractivity contribution in [2.75, 3.05) is 14.1 Å². The molecule has 1 amide bonds. The second kappa shape index (κ2) is 5.77. The Labute approximate surface area is 181 Å². The van der Waals surface area contributed by atoms with Crippen LogP contribution in [0.15, 0.2) is 40.9 Å². The van der Waals surface area contributed by atoms with E-state index in [1.54, 1.807) is 14.1 Å². The Hall–Kier alpha value is -3.21. The third-order valence-corrected chi connectivity index (χ3v) is 7.64. The number of aromatic hydroxyl groups is 1. The van der Waals surface area contributed by atoms with Crippen molar-refractivity contribution < 1.29 is 39.9 Å². The number of primary amides is 1. The highest BCUT2D eigenvalue weighted by Gasteiger charge is 2.80. The van der Waals surface area contributed by atoms with Gasteiger partial charge in [0.1, 0.15) is 28.4 Å². The molecule has 1 fully saturated rings. The number of carbonyl (C=O) groups is 3. The molecular formula is C22H22N2O8. The number of likely N-dealkylation sites (N-methyl/N-ethyl adjacent to an activating group) is 1. The van der Waals surface area contributed by atoms with Gasteiger partial charge in [-0.15, -0.1) is 0 Å². The van der Waals surface area contributed by atoms with E-state index in [-0.39, 0.29) is 29.5 Å². The summed E-state index contributed by atoms with van der Waals surface area (Å²) in [5.74, 6) is -6.66. The summed E-state index contributed by atoms with van der Waals surface area (Å²) in [7, 11) is 3.09. The van der Waals surface area contributed by atoms with E-state index in [9.17, 15) is 39.9 Å². The van der Waals surface area contributed by atoms with Crippen LogP contribution in [0, 0.1) is 11.3 Å². The zero-order chi connectivity index (χ0) is 23.5. The van der Waals surface area contributed by atoms with Crippen LogP contribution in [-0.2, 0) is 15.2 Å². The number of rotatable bonds is 2. The molecule has 0 bridgehead atoms. The smallest absolute Gasteiger partial charge is 0.255 e. The van der Waals surface area contributed by atoms with E-state index >= 15 is 0 Å². The molecule has 1 aromatic carbocycles. The van der Waals surface area contributed by atoms with Gasteiger partial charge in [-0.25, -0.2) is 0 Å². The molecule has 0 radical (unpaired) electrons. The molecule has 4 aliphatic rings. The lowest BCUT2D eigenvalue weighted by molar-refractivity contribution is -0.150. The number of aliphatic hydroxyl groups excluding tert-OH is 2. The minimum absolute atomic E-state index is 0.00958. The second-order valence-corrected chi connectivity index (χ2v) is 9.31. The van der Waals surface area contributed by atoms with Crippen molar-refractivity contribution in [3.05, 3.63) is 52.0 Å².